The minimum absolute atomic E-state index is 0.284. The molecule has 18 heavy (non-hydrogen) atoms. The molecule has 2 rings (SSSR count). The molecule has 0 saturated carbocycles. The number of hydrogen-bond acceptors (Lipinski definition) is 2. The van der Waals surface area contributed by atoms with Crippen LogP contribution in [0.25, 0.3) is 0 Å². The third-order valence-electron chi connectivity index (χ3n) is 3.61. The number of fused-ring (bicyclic) bond motifs is 1. The van der Waals surface area contributed by atoms with Crippen LogP contribution in [0.5, 0.6) is 0 Å². The number of nitrogens with one attached hydrogen (secondary N) is 1. The predicted molar refractivity (Wildman–Crippen MR) is 74.2 cm³/mol. The van der Waals surface area contributed by atoms with Gasteiger partial charge in [-0.3, -0.25) is 0 Å². The average Bonchev–Trinajstić information content (AvgIpc) is 2.38. The van der Waals surface area contributed by atoms with Crippen LogP contribution >= 0.6 is 0 Å². The van der Waals surface area contributed by atoms with Gasteiger partial charge >= 0.3 is 0 Å². The Morgan fingerprint density at radius 2 is 1.94 bits per heavy atom. The van der Waals surface area contributed by atoms with Crippen molar-refractivity contribution in [3.63, 3.8) is 0 Å². The fraction of sp³-hybridized carbons (Fsp3) is 0.562. The highest BCUT2D eigenvalue weighted by molar-refractivity contribution is 5.33. The maximum atomic E-state index is 8.96. The van der Waals surface area contributed by atoms with Crippen molar-refractivity contribution in [2.45, 2.75) is 46.1 Å². The first-order valence-electron chi connectivity index (χ1n) is 6.83. The molecule has 1 aliphatic rings. The number of nitriles is 1. The summed E-state index contributed by atoms with van der Waals surface area (Å²) in [5, 5.41) is 12.3. The lowest BCUT2D eigenvalue weighted by atomic mass is 9.90. The third-order valence-corrected chi connectivity index (χ3v) is 3.61. The van der Waals surface area contributed by atoms with Gasteiger partial charge in [-0.2, -0.15) is 5.26 Å². The van der Waals surface area contributed by atoms with Crippen molar-refractivity contribution in [1.29, 1.82) is 5.26 Å². The Bertz CT molecular complexity index is 455. The van der Waals surface area contributed by atoms with Crippen LogP contribution in [-0.2, 0) is 19.4 Å². The van der Waals surface area contributed by atoms with Crippen LogP contribution in [0.1, 0.15) is 43.4 Å². The smallest absolute Gasteiger partial charge is 0.0697 e. The number of nitrogens with zero attached hydrogens (tertiary/aromatic N) is 1. The van der Waals surface area contributed by atoms with E-state index in [1.165, 1.54) is 42.4 Å². The Morgan fingerprint density at radius 1 is 1.22 bits per heavy atom. The Balaban J connectivity index is 1.93. The Labute approximate surface area is 110 Å². The molecule has 0 bridgehead atoms. The van der Waals surface area contributed by atoms with E-state index in [4.69, 9.17) is 5.26 Å². The highest BCUT2D eigenvalue weighted by Crippen LogP contribution is 2.22. The molecule has 96 valence electrons. The zero-order valence-electron chi connectivity index (χ0n) is 11.4. The number of rotatable bonds is 4. The summed E-state index contributed by atoms with van der Waals surface area (Å²) in [7, 11) is 0. The summed E-state index contributed by atoms with van der Waals surface area (Å²) in [5.74, 6) is 0. The molecule has 0 spiro atoms. The Morgan fingerprint density at radius 3 is 2.67 bits per heavy atom. The summed E-state index contributed by atoms with van der Waals surface area (Å²) in [5.41, 5.74) is 4.11. The zero-order chi connectivity index (χ0) is 13.0. The van der Waals surface area contributed by atoms with E-state index in [2.05, 4.69) is 29.6 Å². The molecule has 0 atom stereocenters. The first-order chi connectivity index (χ1) is 8.61. The van der Waals surface area contributed by atoms with Gasteiger partial charge < -0.3 is 5.32 Å². The van der Waals surface area contributed by atoms with Gasteiger partial charge in [0.05, 0.1) is 11.5 Å². The molecule has 0 radical (unpaired) electrons. The van der Waals surface area contributed by atoms with Gasteiger partial charge in [0.2, 0.25) is 0 Å². The van der Waals surface area contributed by atoms with Crippen molar-refractivity contribution in [3.05, 3.63) is 34.9 Å². The van der Waals surface area contributed by atoms with Crippen LogP contribution in [0.2, 0.25) is 0 Å². The van der Waals surface area contributed by atoms with Crippen molar-refractivity contribution in [3.8, 4) is 6.07 Å². The number of benzene rings is 1. The maximum absolute atomic E-state index is 8.96. The minimum Gasteiger partial charge on any atom is -0.311 e. The van der Waals surface area contributed by atoms with Gasteiger partial charge in [0.15, 0.2) is 0 Å². The standard InChI is InChI=1S/C16H22N2/c1-16(2,11-17)12-18-10-13-7-8-14-5-3-4-6-15(14)9-13/h7-9,18H,3-6,10,12H2,1-2H3. The molecule has 0 heterocycles. The van der Waals surface area contributed by atoms with E-state index in [-0.39, 0.29) is 5.41 Å². The van der Waals surface area contributed by atoms with Gasteiger partial charge in [-0.25, -0.2) is 0 Å². The molecule has 0 aromatic heterocycles. The van der Waals surface area contributed by atoms with Gasteiger partial charge in [-0.1, -0.05) is 18.2 Å². The van der Waals surface area contributed by atoms with E-state index in [1.807, 2.05) is 13.8 Å². The molecule has 0 fully saturated rings. The summed E-state index contributed by atoms with van der Waals surface area (Å²) < 4.78 is 0. The van der Waals surface area contributed by atoms with Crippen LogP contribution in [-0.4, -0.2) is 6.54 Å². The van der Waals surface area contributed by atoms with Gasteiger partial charge in [0.1, 0.15) is 0 Å². The van der Waals surface area contributed by atoms with E-state index >= 15 is 0 Å². The summed E-state index contributed by atoms with van der Waals surface area (Å²) in [6.07, 6.45) is 5.13. The zero-order valence-corrected chi connectivity index (χ0v) is 11.4. The monoisotopic (exact) mass is 242 g/mol. The van der Waals surface area contributed by atoms with Crippen LogP contribution in [0.3, 0.4) is 0 Å². The minimum atomic E-state index is -0.284. The van der Waals surface area contributed by atoms with Crippen LogP contribution in [0.4, 0.5) is 0 Å². The normalized spacial score (nSPS) is 14.9. The second-order valence-corrected chi connectivity index (χ2v) is 5.91. The van der Waals surface area contributed by atoms with Crippen molar-refractivity contribution in [2.75, 3.05) is 6.54 Å². The van der Waals surface area contributed by atoms with Crippen LogP contribution in [0, 0.1) is 16.7 Å². The fourth-order valence-corrected chi connectivity index (χ4v) is 2.46. The molecule has 1 aromatic carbocycles. The third kappa shape index (κ3) is 3.34. The van der Waals surface area contributed by atoms with Gasteiger partial charge in [0.25, 0.3) is 0 Å². The van der Waals surface area contributed by atoms with Crippen LogP contribution in [0.15, 0.2) is 18.2 Å². The second kappa shape index (κ2) is 5.54. The summed E-state index contributed by atoms with van der Waals surface area (Å²) in [6, 6.07) is 9.15. The number of aryl methyl sites for hydroxylation is 2. The van der Waals surface area contributed by atoms with Gasteiger partial charge in [0, 0.05) is 13.1 Å². The van der Waals surface area contributed by atoms with E-state index < -0.39 is 0 Å². The molecule has 2 nitrogen and oxygen atoms in total. The summed E-state index contributed by atoms with van der Waals surface area (Å²) in [6.45, 7) is 5.53. The van der Waals surface area contributed by atoms with E-state index in [0.717, 1.165) is 13.1 Å². The number of hydrogen-bond donors (Lipinski definition) is 1. The van der Waals surface area contributed by atoms with Crippen molar-refractivity contribution >= 4 is 0 Å². The quantitative estimate of drug-likeness (QED) is 0.880. The lowest BCUT2D eigenvalue weighted by Gasteiger charge is -2.18. The fourth-order valence-electron chi connectivity index (χ4n) is 2.46. The highest BCUT2D eigenvalue weighted by Gasteiger charge is 2.15. The largest absolute Gasteiger partial charge is 0.311 e. The molecule has 1 N–H and O–H groups in total. The SMILES string of the molecule is CC(C)(C#N)CNCc1ccc2c(c1)CCCC2. The molecule has 0 saturated heterocycles. The molecule has 0 unspecified atom stereocenters. The molecule has 1 aliphatic carbocycles. The van der Waals surface area contributed by atoms with Crippen molar-refractivity contribution in [1.82, 2.24) is 5.32 Å². The molecular formula is C16H22N2. The first kappa shape index (κ1) is 13.1. The summed E-state index contributed by atoms with van der Waals surface area (Å²) in [4.78, 5) is 0. The van der Waals surface area contributed by atoms with Gasteiger partial charge in [-0.05, 0) is 56.2 Å². The second-order valence-electron chi connectivity index (χ2n) is 5.91. The Kier molecular flexibility index (Phi) is 4.04. The van der Waals surface area contributed by atoms with E-state index in [1.54, 1.807) is 0 Å². The molecule has 0 aliphatic heterocycles. The molecule has 0 amide bonds. The first-order valence-corrected chi connectivity index (χ1v) is 6.83. The topological polar surface area (TPSA) is 35.8 Å². The average molecular weight is 242 g/mol. The molecular weight excluding hydrogens is 220 g/mol. The maximum Gasteiger partial charge on any atom is 0.0697 e. The van der Waals surface area contributed by atoms with E-state index in [0.29, 0.717) is 0 Å². The Hall–Kier alpha value is -1.33. The molecule has 2 heteroatoms. The highest BCUT2D eigenvalue weighted by atomic mass is 14.9. The lowest BCUT2D eigenvalue weighted by molar-refractivity contribution is 0.445. The van der Waals surface area contributed by atoms with Gasteiger partial charge in [-0.15, -0.1) is 0 Å². The summed E-state index contributed by atoms with van der Waals surface area (Å²) >= 11 is 0. The van der Waals surface area contributed by atoms with Crippen LogP contribution < -0.4 is 5.32 Å². The molecule has 1 aromatic rings. The lowest BCUT2D eigenvalue weighted by Crippen LogP contribution is -2.27. The van der Waals surface area contributed by atoms with Crippen molar-refractivity contribution < 1.29 is 0 Å². The predicted octanol–water partition coefficient (Wildman–Crippen LogP) is 3.20. The van der Waals surface area contributed by atoms with Crippen molar-refractivity contribution in [2.24, 2.45) is 5.41 Å². The van der Waals surface area contributed by atoms with E-state index in [9.17, 15) is 0 Å².